The Kier molecular flexibility index (Phi) is 2.50. The summed E-state index contributed by atoms with van der Waals surface area (Å²) in [6.45, 7) is 2.92. The number of Topliss-reactive ketones (excluding diaryl/α,β-unsaturated/α-hetero) is 1. The number of carbonyl (C=O) groups excluding carboxylic acids is 2. The highest BCUT2D eigenvalue weighted by molar-refractivity contribution is 5.77. The standard InChI is InChI=1S/C9H14O3/c1-7(10)6-9(4-3-5-9)12-8(2)11/h3-6H2,1-2H3. The lowest BCUT2D eigenvalue weighted by molar-refractivity contribution is -0.168. The Labute approximate surface area is 72.1 Å². The van der Waals surface area contributed by atoms with Crippen LogP contribution in [-0.4, -0.2) is 17.4 Å². The van der Waals surface area contributed by atoms with Crippen LogP contribution in [0.4, 0.5) is 0 Å². The summed E-state index contributed by atoms with van der Waals surface area (Å²) in [6.07, 6.45) is 3.12. The van der Waals surface area contributed by atoms with Gasteiger partial charge in [-0.3, -0.25) is 9.59 Å². The maximum absolute atomic E-state index is 10.8. The van der Waals surface area contributed by atoms with Gasteiger partial charge in [0, 0.05) is 13.3 Å². The molecule has 0 spiro atoms. The second kappa shape index (κ2) is 3.25. The Morgan fingerprint density at radius 3 is 2.17 bits per heavy atom. The molecule has 0 bridgehead atoms. The van der Waals surface area contributed by atoms with Crippen LogP contribution >= 0.6 is 0 Å². The molecule has 0 atom stereocenters. The van der Waals surface area contributed by atoms with E-state index < -0.39 is 5.60 Å². The van der Waals surface area contributed by atoms with E-state index in [1.165, 1.54) is 13.8 Å². The van der Waals surface area contributed by atoms with Crippen molar-refractivity contribution in [3.05, 3.63) is 0 Å². The second-order valence-electron chi connectivity index (χ2n) is 3.51. The zero-order chi connectivity index (χ0) is 9.19. The van der Waals surface area contributed by atoms with Gasteiger partial charge in [-0.05, 0) is 26.2 Å². The summed E-state index contributed by atoms with van der Waals surface area (Å²) in [5.74, 6) is -0.188. The van der Waals surface area contributed by atoms with E-state index >= 15 is 0 Å². The zero-order valence-corrected chi connectivity index (χ0v) is 7.55. The highest BCUT2D eigenvalue weighted by atomic mass is 16.6. The largest absolute Gasteiger partial charge is 0.459 e. The van der Waals surface area contributed by atoms with Crippen molar-refractivity contribution in [1.29, 1.82) is 0 Å². The number of hydrogen-bond acceptors (Lipinski definition) is 3. The smallest absolute Gasteiger partial charge is 0.303 e. The summed E-state index contributed by atoms with van der Waals surface area (Å²) in [5, 5.41) is 0. The third-order valence-electron chi connectivity index (χ3n) is 2.20. The van der Waals surface area contributed by atoms with Crippen LogP contribution in [0.15, 0.2) is 0 Å². The van der Waals surface area contributed by atoms with E-state index in [2.05, 4.69) is 0 Å². The fourth-order valence-electron chi connectivity index (χ4n) is 1.64. The van der Waals surface area contributed by atoms with Gasteiger partial charge >= 0.3 is 5.97 Å². The first-order valence-electron chi connectivity index (χ1n) is 4.23. The van der Waals surface area contributed by atoms with Gasteiger partial charge in [0.25, 0.3) is 0 Å². The van der Waals surface area contributed by atoms with Gasteiger partial charge in [-0.15, -0.1) is 0 Å². The van der Waals surface area contributed by atoms with Crippen LogP contribution in [-0.2, 0) is 14.3 Å². The minimum Gasteiger partial charge on any atom is -0.459 e. The molecule has 0 N–H and O–H groups in total. The number of esters is 1. The Balaban J connectivity index is 2.50. The fourth-order valence-corrected chi connectivity index (χ4v) is 1.64. The summed E-state index contributed by atoms with van der Waals surface area (Å²) in [5.41, 5.74) is -0.433. The average molecular weight is 170 g/mol. The molecule has 12 heavy (non-hydrogen) atoms. The molecule has 1 rings (SSSR count). The van der Waals surface area contributed by atoms with E-state index in [0.29, 0.717) is 6.42 Å². The van der Waals surface area contributed by atoms with Crippen LogP contribution in [0, 0.1) is 0 Å². The van der Waals surface area contributed by atoms with Crippen molar-refractivity contribution < 1.29 is 14.3 Å². The van der Waals surface area contributed by atoms with E-state index in [0.717, 1.165) is 19.3 Å². The van der Waals surface area contributed by atoms with Gasteiger partial charge in [-0.1, -0.05) is 0 Å². The predicted molar refractivity (Wildman–Crippen MR) is 43.6 cm³/mol. The van der Waals surface area contributed by atoms with Crippen molar-refractivity contribution in [3.8, 4) is 0 Å². The zero-order valence-electron chi connectivity index (χ0n) is 7.55. The van der Waals surface area contributed by atoms with Crippen LogP contribution in [0.2, 0.25) is 0 Å². The molecule has 3 heteroatoms. The minimum absolute atomic E-state index is 0.0935. The first-order valence-corrected chi connectivity index (χ1v) is 4.23. The topological polar surface area (TPSA) is 43.4 Å². The van der Waals surface area contributed by atoms with E-state index in [1.807, 2.05) is 0 Å². The molecule has 1 aliphatic rings. The first-order chi connectivity index (χ1) is 5.54. The van der Waals surface area contributed by atoms with Crippen molar-refractivity contribution in [2.24, 2.45) is 0 Å². The van der Waals surface area contributed by atoms with E-state index in [4.69, 9.17) is 4.74 Å². The van der Waals surface area contributed by atoms with Gasteiger partial charge in [0.2, 0.25) is 0 Å². The third-order valence-corrected chi connectivity index (χ3v) is 2.20. The van der Waals surface area contributed by atoms with Crippen molar-refractivity contribution in [1.82, 2.24) is 0 Å². The number of ketones is 1. The molecular formula is C9H14O3. The lowest BCUT2D eigenvalue weighted by atomic mass is 9.76. The molecule has 0 radical (unpaired) electrons. The summed E-state index contributed by atoms with van der Waals surface area (Å²) < 4.78 is 5.12. The maximum Gasteiger partial charge on any atom is 0.303 e. The molecule has 0 unspecified atom stereocenters. The summed E-state index contributed by atoms with van der Waals surface area (Å²) >= 11 is 0. The first kappa shape index (κ1) is 9.23. The molecule has 68 valence electrons. The predicted octanol–water partition coefficient (Wildman–Crippen LogP) is 1.45. The number of rotatable bonds is 3. The molecule has 0 aromatic carbocycles. The molecule has 1 saturated carbocycles. The molecule has 0 aromatic heterocycles. The molecule has 0 aromatic rings. The molecule has 1 aliphatic carbocycles. The SMILES string of the molecule is CC(=O)CC1(OC(C)=O)CCC1. The lowest BCUT2D eigenvalue weighted by Gasteiger charge is -2.40. The molecular weight excluding hydrogens is 156 g/mol. The maximum atomic E-state index is 10.8. The molecule has 0 amide bonds. The van der Waals surface area contributed by atoms with Gasteiger partial charge in [0.1, 0.15) is 11.4 Å². The normalized spacial score (nSPS) is 19.5. The molecule has 3 nitrogen and oxygen atoms in total. The van der Waals surface area contributed by atoms with Crippen molar-refractivity contribution >= 4 is 11.8 Å². The molecule has 0 heterocycles. The molecule has 0 aliphatic heterocycles. The van der Waals surface area contributed by atoms with Gasteiger partial charge < -0.3 is 4.74 Å². The number of ether oxygens (including phenoxy) is 1. The van der Waals surface area contributed by atoms with E-state index in [1.54, 1.807) is 0 Å². The Bertz CT molecular complexity index is 186. The Morgan fingerprint density at radius 1 is 1.33 bits per heavy atom. The number of carbonyl (C=O) groups is 2. The van der Waals surface area contributed by atoms with Crippen molar-refractivity contribution in [2.45, 2.75) is 45.1 Å². The van der Waals surface area contributed by atoms with Crippen LogP contribution < -0.4 is 0 Å². The second-order valence-corrected chi connectivity index (χ2v) is 3.51. The highest BCUT2D eigenvalue weighted by Crippen LogP contribution is 2.38. The number of hydrogen-bond donors (Lipinski definition) is 0. The van der Waals surface area contributed by atoms with Gasteiger partial charge in [-0.25, -0.2) is 0 Å². The minimum atomic E-state index is -0.433. The van der Waals surface area contributed by atoms with Crippen LogP contribution in [0.5, 0.6) is 0 Å². The third kappa shape index (κ3) is 2.06. The average Bonchev–Trinajstić information content (AvgIpc) is 1.80. The Morgan fingerprint density at radius 2 is 1.92 bits per heavy atom. The highest BCUT2D eigenvalue weighted by Gasteiger charge is 2.41. The van der Waals surface area contributed by atoms with Crippen molar-refractivity contribution in [3.63, 3.8) is 0 Å². The molecule has 1 fully saturated rings. The van der Waals surface area contributed by atoms with Crippen molar-refractivity contribution in [2.75, 3.05) is 0 Å². The van der Waals surface area contributed by atoms with Gasteiger partial charge in [0.05, 0.1) is 0 Å². The molecule has 0 saturated heterocycles. The fraction of sp³-hybridized carbons (Fsp3) is 0.778. The summed E-state index contributed by atoms with van der Waals surface area (Å²) in [7, 11) is 0. The van der Waals surface area contributed by atoms with E-state index in [-0.39, 0.29) is 11.8 Å². The van der Waals surface area contributed by atoms with Crippen LogP contribution in [0.1, 0.15) is 39.5 Å². The van der Waals surface area contributed by atoms with E-state index in [9.17, 15) is 9.59 Å². The monoisotopic (exact) mass is 170 g/mol. The van der Waals surface area contributed by atoms with Crippen LogP contribution in [0.25, 0.3) is 0 Å². The van der Waals surface area contributed by atoms with Crippen LogP contribution in [0.3, 0.4) is 0 Å². The van der Waals surface area contributed by atoms with Gasteiger partial charge in [-0.2, -0.15) is 0 Å². The lowest BCUT2D eigenvalue weighted by Crippen LogP contribution is -2.43. The Hall–Kier alpha value is -0.860. The summed E-state index contributed by atoms with van der Waals surface area (Å²) in [6, 6.07) is 0. The quantitative estimate of drug-likeness (QED) is 0.602. The summed E-state index contributed by atoms with van der Waals surface area (Å²) in [4.78, 5) is 21.5. The van der Waals surface area contributed by atoms with Gasteiger partial charge in [0.15, 0.2) is 0 Å².